The number of hydrazine groups is 1. The molecule has 0 fully saturated rings. The summed E-state index contributed by atoms with van der Waals surface area (Å²) in [6, 6.07) is 3.76. The van der Waals surface area contributed by atoms with E-state index in [1.165, 1.54) is 5.01 Å². The molecule has 0 atom stereocenters. The van der Waals surface area contributed by atoms with Crippen LogP contribution in [-0.4, -0.2) is 26.6 Å². The molecule has 0 amide bonds. The maximum absolute atomic E-state index is 12.2. The molecule has 2 rings (SSSR count). The SMILES string of the molecule is CCc1nc(/C(N)=C(\Cn2cc(CC(C)C)[nH]c2=O)N(C)N)ccc1Br. The Morgan fingerprint density at radius 3 is 2.69 bits per heavy atom. The van der Waals surface area contributed by atoms with Crippen LogP contribution < -0.4 is 17.3 Å². The third-order valence-electron chi connectivity index (χ3n) is 4.05. The van der Waals surface area contributed by atoms with E-state index in [9.17, 15) is 4.79 Å². The molecule has 0 radical (unpaired) electrons. The Morgan fingerprint density at radius 2 is 2.12 bits per heavy atom. The monoisotopic (exact) mass is 422 g/mol. The Bertz CT molecular complexity index is 850. The Labute approximate surface area is 162 Å². The molecule has 0 spiro atoms. The number of nitrogens with two attached hydrogens (primary N) is 2. The zero-order valence-electron chi connectivity index (χ0n) is 15.7. The third-order valence-corrected chi connectivity index (χ3v) is 4.78. The topological polar surface area (TPSA) is 106 Å². The van der Waals surface area contributed by atoms with Gasteiger partial charge in [0.25, 0.3) is 0 Å². The van der Waals surface area contributed by atoms with Crippen LogP contribution in [0.2, 0.25) is 0 Å². The van der Waals surface area contributed by atoms with Crippen molar-refractivity contribution in [1.82, 2.24) is 19.5 Å². The molecule has 2 heterocycles. The zero-order valence-corrected chi connectivity index (χ0v) is 17.3. The van der Waals surface area contributed by atoms with Crippen molar-refractivity contribution in [2.75, 3.05) is 7.05 Å². The number of hydrogen-bond donors (Lipinski definition) is 3. The number of aromatic nitrogens is 3. The summed E-state index contributed by atoms with van der Waals surface area (Å²) in [6.45, 7) is 6.52. The standard InChI is InChI=1S/C18H27BrN6O/c1-5-14-13(19)6-7-15(23-14)17(20)16(24(4)21)10-25-9-12(8-11(2)3)22-18(25)26/h6-7,9,11H,5,8,10,20-21H2,1-4H3,(H,22,26)/b17-16-. The Kier molecular flexibility index (Phi) is 6.66. The van der Waals surface area contributed by atoms with Crippen molar-refractivity contribution >= 4 is 21.6 Å². The molecule has 7 nitrogen and oxygen atoms in total. The normalized spacial score (nSPS) is 12.4. The minimum absolute atomic E-state index is 0.175. The number of nitrogens with one attached hydrogen (secondary N) is 1. The average Bonchev–Trinajstić information content (AvgIpc) is 2.90. The lowest BCUT2D eigenvalue weighted by Crippen LogP contribution is -2.32. The van der Waals surface area contributed by atoms with Crippen molar-refractivity contribution in [3.8, 4) is 0 Å². The van der Waals surface area contributed by atoms with Gasteiger partial charge in [-0.3, -0.25) is 9.55 Å². The predicted molar refractivity (Wildman–Crippen MR) is 108 cm³/mol. The van der Waals surface area contributed by atoms with Gasteiger partial charge in [-0.05, 0) is 46.8 Å². The van der Waals surface area contributed by atoms with Crippen LogP contribution in [0.25, 0.3) is 5.70 Å². The molecule has 142 valence electrons. The van der Waals surface area contributed by atoms with E-state index in [-0.39, 0.29) is 12.2 Å². The van der Waals surface area contributed by atoms with Gasteiger partial charge < -0.3 is 15.7 Å². The van der Waals surface area contributed by atoms with E-state index >= 15 is 0 Å². The summed E-state index contributed by atoms with van der Waals surface area (Å²) in [5.74, 6) is 6.45. The maximum Gasteiger partial charge on any atom is 0.326 e. The third kappa shape index (κ3) is 4.76. The van der Waals surface area contributed by atoms with Crippen molar-refractivity contribution in [2.24, 2.45) is 17.5 Å². The second-order valence-electron chi connectivity index (χ2n) is 6.76. The molecule has 0 saturated heterocycles. The van der Waals surface area contributed by atoms with E-state index < -0.39 is 0 Å². The van der Waals surface area contributed by atoms with Gasteiger partial charge in [-0.2, -0.15) is 0 Å². The smallest absolute Gasteiger partial charge is 0.326 e. The summed E-state index contributed by atoms with van der Waals surface area (Å²) in [5.41, 5.74) is 9.72. The van der Waals surface area contributed by atoms with Crippen molar-refractivity contribution < 1.29 is 0 Å². The fourth-order valence-corrected chi connectivity index (χ4v) is 3.23. The maximum atomic E-state index is 12.2. The number of halogens is 1. The molecule has 2 aromatic heterocycles. The molecule has 0 bridgehead atoms. The van der Waals surface area contributed by atoms with Gasteiger partial charge in [0.15, 0.2) is 0 Å². The van der Waals surface area contributed by atoms with E-state index in [2.05, 4.69) is 39.7 Å². The molecule has 0 aliphatic carbocycles. The zero-order chi connectivity index (χ0) is 19.4. The predicted octanol–water partition coefficient (Wildman–Crippen LogP) is 2.23. The molecule has 0 unspecified atom stereocenters. The molecule has 0 aromatic carbocycles. The van der Waals surface area contributed by atoms with Gasteiger partial charge in [-0.15, -0.1) is 0 Å². The summed E-state index contributed by atoms with van der Waals surface area (Å²) in [6.07, 6.45) is 3.42. The van der Waals surface area contributed by atoms with E-state index in [1.807, 2.05) is 25.3 Å². The molecular formula is C18H27BrN6O. The fraction of sp³-hybridized carbons (Fsp3) is 0.444. The van der Waals surface area contributed by atoms with Gasteiger partial charge in [-0.25, -0.2) is 10.6 Å². The number of nitrogens with zero attached hydrogens (tertiary/aromatic N) is 3. The van der Waals surface area contributed by atoms with E-state index in [0.717, 1.165) is 28.7 Å². The molecule has 2 aromatic rings. The van der Waals surface area contributed by atoms with E-state index in [4.69, 9.17) is 11.6 Å². The van der Waals surface area contributed by atoms with Crippen LogP contribution in [0, 0.1) is 5.92 Å². The van der Waals surface area contributed by atoms with E-state index in [0.29, 0.717) is 23.0 Å². The molecule has 0 saturated carbocycles. The van der Waals surface area contributed by atoms with Crippen molar-refractivity contribution in [3.05, 3.63) is 56.1 Å². The molecule has 26 heavy (non-hydrogen) atoms. The van der Waals surface area contributed by atoms with Crippen LogP contribution in [0.5, 0.6) is 0 Å². The highest BCUT2D eigenvalue weighted by Crippen LogP contribution is 2.20. The second kappa shape index (κ2) is 8.55. The lowest BCUT2D eigenvalue weighted by molar-refractivity contribution is 0.410. The van der Waals surface area contributed by atoms with Gasteiger partial charge in [-0.1, -0.05) is 20.8 Å². The van der Waals surface area contributed by atoms with Gasteiger partial charge >= 0.3 is 5.69 Å². The first-order valence-corrected chi connectivity index (χ1v) is 9.43. The first-order chi connectivity index (χ1) is 12.2. The van der Waals surface area contributed by atoms with Crippen LogP contribution in [-0.2, 0) is 19.4 Å². The Balaban J connectivity index is 2.41. The summed E-state index contributed by atoms with van der Waals surface area (Å²) < 4.78 is 2.53. The number of aryl methyl sites for hydroxylation is 1. The molecule has 5 N–H and O–H groups in total. The number of rotatable bonds is 7. The lowest BCUT2D eigenvalue weighted by atomic mass is 10.1. The van der Waals surface area contributed by atoms with E-state index in [1.54, 1.807) is 11.6 Å². The molecule has 8 heteroatoms. The van der Waals surface area contributed by atoms with Gasteiger partial charge in [0.2, 0.25) is 0 Å². The first kappa shape index (κ1) is 20.3. The first-order valence-electron chi connectivity index (χ1n) is 8.64. The van der Waals surface area contributed by atoms with Gasteiger partial charge in [0.1, 0.15) is 0 Å². The van der Waals surface area contributed by atoms with Crippen LogP contribution in [0.3, 0.4) is 0 Å². The summed E-state index contributed by atoms with van der Waals surface area (Å²) in [4.78, 5) is 19.7. The van der Waals surface area contributed by atoms with Crippen molar-refractivity contribution in [3.63, 3.8) is 0 Å². The number of imidazole rings is 1. The summed E-state index contributed by atoms with van der Waals surface area (Å²) in [7, 11) is 1.70. The second-order valence-corrected chi connectivity index (χ2v) is 7.61. The van der Waals surface area contributed by atoms with Crippen molar-refractivity contribution in [1.29, 1.82) is 0 Å². The quantitative estimate of drug-likeness (QED) is 0.468. The highest BCUT2D eigenvalue weighted by Gasteiger charge is 2.14. The van der Waals surface area contributed by atoms with Gasteiger partial charge in [0.05, 0.1) is 29.3 Å². The Hall–Kier alpha value is -2.06. The number of pyridine rings is 1. The fourth-order valence-electron chi connectivity index (χ4n) is 2.73. The average molecular weight is 423 g/mol. The number of aromatic amines is 1. The number of likely N-dealkylation sites (N-methyl/N-ethyl adjacent to an activating group) is 1. The van der Waals surface area contributed by atoms with Crippen LogP contribution in [0.4, 0.5) is 0 Å². The summed E-state index contributed by atoms with van der Waals surface area (Å²) in [5, 5.41) is 1.44. The van der Waals surface area contributed by atoms with Crippen molar-refractivity contribution in [2.45, 2.75) is 40.2 Å². The number of allylic oxidation sites excluding steroid dienone is 1. The summed E-state index contributed by atoms with van der Waals surface area (Å²) >= 11 is 3.49. The molecular weight excluding hydrogens is 396 g/mol. The number of hydrogen-bond acceptors (Lipinski definition) is 5. The Morgan fingerprint density at radius 1 is 1.42 bits per heavy atom. The van der Waals surface area contributed by atoms with Crippen LogP contribution >= 0.6 is 15.9 Å². The minimum atomic E-state index is -0.175. The van der Waals surface area contributed by atoms with Crippen LogP contribution in [0.15, 0.2) is 33.3 Å². The minimum Gasteiger partial charge on any atom is -0.395 e. The highest BCUT2D eigenvalue weighted by molar-refractivity contribution is 9.10. The molecule has 0 aliphatic heterocycles. The lowest BCUT2D eigenvalue weighted by Gasteiger charge is -2.20. The van der Waals surface area contributed by atoms with Crippen LogP contribution in [0.1, 0.15) is 37.9 Å². The number of H-pyrrole nitrogens is 1. The van der Waals surface area contributed by atoms with Gasteiger partial charge in [0, 0.05) is 23.4 Å². The highest BCUT2D eigenvalue weighted by atomic mass is 79.9. The molecule has 0 aliphatic rings. The largest absolute Gasteiger partial charge is 0.395 e.